The zero-order valence-corrected chi connectivity index (χ0v) is 44.2. The van der Waals surface area contributed by atoms with Gasteiger partial charge in [-0.15, -0.1) is 0 Å². The van der Waals surface area contributed by atoms with Crippen LogP contribution in [-0.2, 0) is 10.8 Å². The van der Waals surface area contributed by atoms with E-state index in [4.69, 9.17) is 15.0 Å². The van der Waals surface area contributed by atoms with Crippen LogP contribution in [0.2, 0.25) is 0 Å². The molecule has 0 amide bonds. The Morgan fingerprint density at radius 3 is 1.52 bits per heavy atom. The molecule has 2 aliphatic rings. The molecule has 0 saturated carbocycles. The number of para-hydroxylation sites is 2. The molecule has 0 radical (unpaired) electrons. The van der Waals surface area contributed by atoms with E-state index in [9.17, 15) is 0 Å². The molecular weight excluding hydrogens is 935 g/mol. The molecule has 2 unspecified atom stereocenters. The summed E-state index contributed by atoms with van der Waals surface area (Å²) in [6.07, 6.45) is 11.0. The van der Waals surface area contributed by atoms with Crippen molar-refractivity contribution >= 4 is 43.6 Å². The van der Waals surface area contributed by atoms with Crippen LogP contribution in [0.1, 0.15) is 70.1 Å². The first kappa shape index (κ1) is 46.6. The Morgan fingerprint density at radius 2 is 0.922 bits per heavy atom. The number of aromatic nitrogens is 5. The number of fused-ring (bicyclic) bond motifs is 8. The Kier molecular flexibility index (Phi) is 11.0. The standard InChI is InChI=1S/C72H59N5/c1-46-45-71(2,3)63-44-56(38-43-62(63)72(46,4)5)53-26-24-51(25-27-53)52-36-39-57(40-37-52)76-64-22-14-12-20-58(64)60-41-42-61-59-21-13-15-23-65(59)77(67(61)66(60)76)70-74-68(54-32-28-49(29-33-54)47-16-8-6-9-17-47)73-69(75-70)55-34-30-50(31-35-55)48-18-10-7-11-19-48/h6-18,20-44,46,48H,19,45H2,1-5H3. The zero-order valence-electron chi connectivity index (χ0n) is 44.2. The number of hydrogen-bond acceptors (Lipinski definition) is 3. The highest BCUT2D eigenvalue weighted by Crippen LogP contribution is 2.50. The molecule has 0 saturated heterocycles. The van der Waals surface area contributed by atoms with Gasteiger partial charge in [-0.3, -0.25) is 4.57 Å². The van der Waals surface area contributed by atoms with Crippen LogP contribution in [0.5, 0.6) is 0 Å². The molecule has 3 aromatic heterocycles. The van der Waals surface area contributed by atoms with E-state index in [1.54, 1.807) is 0 Å². The van der Waals surface area contributed by atoms with Gasteiger partial charge < -0.3 is 4.57 Å². The lowest BCUT2D eigenvalue weighted by atomic mass is 9.58. The Morgan fingerprint density at radius 1 is 0.429 bits per heavy atom. The van der Waals surface area contributed by atoms with Crippen LogP contribution in [-0.4, -0.2) is 24.1 Å². The number of nitrogens with zero attached hydrogens (tertiary/aromatic N) is 5. The van der Waals surface area contributed by atoms with E-state index in [1.165, 1.54) is 50.8 Å². The summed E-state index contributed by atoms with van der Waals surface area (Å²) in [6, 6.07) is 75.3. The van der Waals surface area contributed by atoms with E-state index < -0.39 is 0 Å². The van der Waals surface area contributed by atoms with Crippen LogP contribution >= 0.6 is 0 Å². The van der Waals surface area contributed by atoms with Crippen molar-refractivity contribution in [3.05, 3.63) is 247 Å². The molecule has 2 atom stereocenters. The number of benzene rings is 9. The van der Waals surface area contributed by atoms with Gasteiger partial charge in [0.1, 0.15) is 0 Å². The van der Waals surface area contributed by atoms with Crippen LogP contribution in [0.25, 0.3) is 111 Å². The summed E-state index contributed by atoms with van der Waals surface area (Å²) >= 11 is 0. The lowest BCUT2D eigenvalue weighted by Crippen LogP contribution is -2.40. The summed E-state index contributed by atoms with van der Waals surface area (Å²) < 4.78 is 4.72. The fraction of sp³-hybridized carbons (Fsp3) is 0.153. The van der Waals surface area contributed by atoms with Crippen LogP contribution in [0.3, 0.4) is 0 Å². The largest absolute Gasteiger partial charge is 0.307 e. The predicted molar refractivity (Wildman–Crippen MR) is 321 cm³/mol. The van der Waals surface area contributed by atoms with Crippen molar-refractivity contribution in [2.24, 2.45) is 5.92 Å². The van der Waals surface area contributed by atoms with Gasteiger partial charge in [-0.2, -0.15) is 9.97 Å². The summed E-state index contributed by atoms with van der Waals surface area (Å²) in [5, 5.41) is 4.61. The van der Waals surface area contributed by atoms with Crippen molar-refractivity contribution in [1.29, 1.82) is 0 Å². The third kappa shape index (κ3) is 7.86. The van der Waals surface area contributed by atoms with Crippen LogP contribution < -0.4 is 0 Å². The molecule has 14 rings (SSSR count). The molecule has 5 heteroatoms. The molecule has 5 nitrogen and oxygen atoms in total. The van der Waals surface area contributed by atoms with E-state index in [0.29, 0.717) is 29.4 Å². The predicted octanol–water partition coefficient (Wildman–Crippen LogP) is 18.6. The van der Waals surface area contributed by atoms with Gasteiger partial charge in [-0.25, -0.2) is 4.98 Å². The minimum absolute atomic E-state index is 0.134. The van der Waals surface area contributed by atoms with E-state index in [-0.39, 0.29) is 10.8 Å². The quantitative estimate of drug-likeness (QED) is 0.152. The van der Waals surface area contributed by atoms with Crippen molar-refractivity contribution in [3.8, 4) is 67.8 Å². The SMILES string of the molecule is CC1CC(C)(C)c2cc(-c3ccc(-c4ccc(-n5c6ccccc6c6ccc7c8ccccc8n(-c8nc(-c9ccc(-c%10ccccc%10)cc9)nc(-c9ccc(C%10C=CC=CC%10)cc9)n8)c7c65)cc4)cc3)ccc2C1(C)C. The van der Waals surface area contributed by atoms with E-state index in [2.05, 4.69) is 274 Å². The van der Waals surface area contributed by atoms with E-state index >= 15 is 0 Å². The smallest absolute Gasteiger partial charge is 0.238 e. The second-order valence-corrected chi connectivity index (χ2v) is 22.7. The summed E-state index contributed by atoms with van der Waals surface area (Å²) in [6.45, 7) is 12.1. The molecule has 372 valence electrons. The minimum Gasteiger partial charge on any atom is -0.307 e. The second kappa shape index (κ2) is 18.1. The van der Waals surface area contributed by atoms with Crippen LogP contribution in [0.15, 0.2) is 231 Å². The second-order valence-electron chi connectivity index (χ2n) is 22.7. The molecule has 9 aromatic carbocycles. The fourth-order valence-electron chi connectivity index (χ4n) is 12.7. The van der Waals surface area contributed by atoms with Crippen molar-refractivity contribution in [2.45, 2.75) is 64.2 Å². The van der Waals surface area contributed by atoms with Gasteiger partial charge in [0.25, 0.3) is 0 Å². The first-order valence-corrected chi connectivity index (χ1v) is 27.2. The third-order valence-corrected chi connectivity index (χ3v) is 17.3. The average molecular weight is 994 g/mol. The minimum atomic E-state index is 0.134. The lowest BCUT2D eigenvalue weighted by molar-refractivity contribution is 0.233. The van der Waals surface area contributed by atoms with Gasteiger partial charge in [0.15, 0.2) is 11.6 Å². The monoisotopic (exact) mass is 993 g/mol. The first-order chi connectivity index (χ1) is 37.6. The topological polar surface area (TPSA) is 48.5 Å². The van der Waals surface area contributed by atoms with E-state index in [1.807, 2.05) is 0 Å². The molecule has 0 spiro atoms. The molecular formula is C72H59N5. The van der Waals surface area contributed by atoms with Gasteiger partial charge in [0, 0.05) is 44.3 Å². The molecule has 2 aliphatic carbocycles. The molecule has 12 aromatic rings. The van der Waals surface area contributed by atoms with Gasteiger partial charge in [0.2, 0.25) is 5.95 Å². The fourth-order valence-corrected chi connectivity index (χ4v) is 12.7. The average Bonchev–Trinajstić information content (AvgIpc) is 4.25. The van der Waals surface area contributed by atoms with E-state index in [0.717, 1.165) is 72.6 Å². The lowest BCUT2D eigenvalue weighted by Gasteiger charge is -2.46. The Hall–Kier alpha value is -8.93. The summed E-state index contributed by atoms with van der Waals surface area (Å²) in [4.78, 5) is 16.2. The Labute approximate surface area is 450 Å². The maximum absolute atomic E-state index is 5.45. The Balaban J connectivity index is 0.907. The van der Waals surface area contributed by atoms with Crippen molar-refractivity contribution in [1.82, 2.24) is 24.1 Å². The van der Waals surface area contributed by atoms with Gasteiger partial charge >= 0.3 is 0 Å². The summed E-state index contributed by atoms with van der Waals surface area (Å²) in [5.41, 5.74) is 18.9. The van der Waals surface area contributed by atoms with Crippen molar-refractivity contribution < 1.29 is 0 Å². The van der Waals surface area contributed by atoms with Gasteiger partial charge in [-0.1, -0.05) is 241 Å². The normalized spacial score (nSPS) is 16.6. The van der Waals surface area contributed by atoms with Gasteiger partial charge in [0.05, 0.1) is 22.1 Å². The summed E-state index contributed by atoms with van der Waals surface area (Å²) in [7, 11) is 0. The highest BCUT2D eigenvalue weighted by molar-refractivity contribution is 6.23. The summed E-state index contributed by atoms with van der Waals surface area (Å²) in [5.74, 6) is 2.76. The molecule has 0 bridgehead atoms. The van der Waals surface area contributed by atoms with Crippen molar-refractivity contribution in [3.63, 3.8) is 0 Å². The number of rotatable bonds is 8. The molecule has 0 N–H and O–H groups in total. The Bertz CT molecular complexity index is 4300. The number of allylic oxidation sites excluding steroid dienone is 4. The van der Waals surface area contributed by atoms with Crippen LogP contribution in [0.4, 0.5) is 0 Å². The number of hydrogen-bond donors (Lipinski definition) is 0. The van der Waals surface area contributed by atoms with Gasteiger partial charge in [-0.05, 0) is 104 Å². The maximum atomic E-state index is 5.45. The van der Waals surface area contributed by atoms with Crippen molar-refractivity contribution in [2.75, 3.05) is 0 Å². The maximum Gasteiger partial charge on any atom is 0.238 e. The molecule has 0 fully saturated rings. The third-order valence-electron chi connectivity index (χ3n) is 17.3. The highest BCUT2D eigenvalue weighted by Gasteiger charge is 2.42. The molecule has 0 aliphatic heterocycles. The van der Waals surface area contributed by atoms with Crippen LogP contribution in [0, 0.1) is 5.92 Å². The zero-order chi connectivity index (χ0) is 52.0. The first-order valence-electron chi connectivity index (χ1n) is 27.2. The molecule has 3 heterocycles. The molecule has 77 heavy (non-hydrogen) atoms. The highest BCUT2D eigenvalue weighted by atomic mass is 15.2.